The van der Waals surface area contributed by atoms with Crippen LogP contribution in [0.2, 0.25) is 5.02 Å². The summed E-state index contributed by atoms with van der Waals surface area (Å²) in [7, 11) is 0. The summed E-state index contributed by atoms with van der Waals surface area (Å²) in [5, 5.41) is 7.88. The SMILES string of the molecule is Cc1ccc(Cl)cc1-c1nc(C2CNCCO2)no1. The van der Waals surface area contributed by atoms with E-state index in [0.717, 1.165) is 17.7 Å². The number of aryl methyl sites for hydroxylation is 1. The van der Waals surface area contributed by atoms with Crippen molar-refractivity contribution in [3.8, 4) is 11.5 Å². The molecule has 2 heterocycles. The largest absolute Gasteiger partial charge is 0.367 e. The molecule has 1 aliphatic heterocycles. The highest BCUT2D eigenvalue weighted by atomic mass is 35.5. The minimum absolute atomic E-state index is 0.147. The molecule has 1 saturated heterocycles. The number of nitrogens with one attached hydrogen (secondary N) is 1. The molecule has 19 heavy (non-hydrogen) atoms. The van der Waals surface area contributed by atoms with Gasteiger partial charge < -0.3 is 14.6 Å². The van der Waals surface area contributed by atoms with Gasteiger partial charge in [0, 0.05) is 23.7 Å². The van der Waals surface area contributed by atoms with E-state index in [4.69, 9.17) is 20.9 Å². The van der Waals surface area contributed by atoms with Crippen LogP contribution < -0.4 is 5.32 Å². The van der Waals surface area contributed by atoms with Gasteiger partial charge in [-0.15, -0.1) is 0 Å². The third kappa shape index (κ3) is 2.63. The van der Waals surface area contributed by atoms with Crippen LogP contribution in [0.5, 0.6) is 0 Å². The van der Waals surface area contributed by atoms with Crippen molar-refractivity contribution in [2.45, 2.75) is 13.0 Å². The maximum absolute atomic E-state index is 6.00. The topological polar surface area (TPSA) is 60.2 Å². The summed E-state index contributed by atoms with van der Waals surface area (Å²) in [6.45, 7) is 4.20. The summed E-state index contributed by atoms with van der Waals surface area (Å²) in [6, 6.07) is 5.60. The highest BCUT2D eigenvalue weighted by Gasteiger charge is 2.22. The lowest BCUT2D eigenvalue weighted by Gasteiger charge is -2.20. The average Bonchev–Trinajstić information content (AvgIpc) is 2.92. The number of hydrogen-bond donors (Lipinski definition) is 1. The molecule has 0 spiro atoms. The predicted molar refractivity (Wildman–Crippen MR) is 71.0 cm³/mol. The fraction of sp³-hybridized carbons (Fsp3) is 0.385. The van der Waals surface area contributed by atoms with Crippen molar-refractivity contribution in [3.05, 3.63) is 34.6 Å². The molecule has 1 atom stereocenters. The van der Waals surface area contributed by atoms with Gasteiger partial charge in [-0.2, -0.15) is 4.98 Å². The van der Waals surface area contributed by atoms with Gasteiger partial charge in [0.25, 0.3) is 5.89 Å². The number of halogens is 1. The number of aromatic nitrogens is 2. The lowest BCUT2D eigenvalue weighted by molar-refractivity contribution is 0.0208. The second kappa shape index (κ2) is 5.28. The van der Waals surface area contributed by atoms with Crippen molar-refractivity contribution >= 4 is 11.6 Å². The van der Waals surface area contributed by atoms with Crippen LogP contribution in [0.15, 0.2) is 22.7 Å². The number of hydrogen-bond acceptors (Lipinski definition) is 5. The Hall–Kier alpha value is -1.43. The zero-order valence-electron chi connectivity index (χ0n) is 10.5. The standard InChI is InChI=1S/C13H14ClN3O2/c1-8-2-3-9(14)6-10(8)13-16-12(17-19-13)11-7-15-4-5-18-11/h2-3,6,11,15H,4-5,7H2,1H3. The summed E-state index contributed by atoms with van der Waals surface area (Å²) in [6.07, 6.45) is -0.147. The van der Waals surface area contributed by atoms with Crippen LogP contribution in [0, 0.1) is 6.92 Å². The van der Waals surface area contributed by atoms with Crippen molar-refractivity contribution in [2.75, 3.05) is 19.7 Å². The Labute approximate surface area is 115 Å². The maximum atomic E-state index is 6.00. The predicted octanol–water partition coefficient (Wildman–Crippen LogP) is 2.36. The molecule has 3 rings (SSSR count). The Morgan fingerprint density at radius 2 is 2.32 bits per heavy atom. The van der Waals surface area contributed by atoms with Crippen molar-refractivity contribution in [3.63, 3.8) is 0 Å². The zero-order chi connectivity index (χ0) is 13.2. The molecule has 0 amide bonds. The fourth-order valence-electron chi connectivity index (χ4n) is 2.03. The van der Waals surface area contributed by atoms with E-state index < -0.39 is 0 Å². The molecule has 1 aliphatic rings. The van der Waals surface area contributed by atoms with Gasteiger partial charge in [-0.1, -0.05) is 22.8 Å². The Morgan fingerprint density at radius 3 is 3.11 bits per heavy atom. The van der Waals surface area contributed by atoms with Crippen LogP contribution in [0.4, 0.5) is 0 Å². The lowest BCUT2D eigenvalue weighted by atomic mass is 10.1. The number of ether oxygens (including phenoxy) is 1. The molecular formula is C13H14ClN3O2. The molecule has 100 valence electrons. The van der Waals surface area contributed by atoms with Crippen molar-refractivity contribution in [1.29, 1.82) is 0 Å². The molecular weight excluding hydrogens is 266 g/mol. The number of rotatable bonds is 2. The summed E-state index contributed by atoms with van der Waals surface area (Å²) in [5.74, 6) is 1.05. The van der Waals surface area contributed by atoms with Crippen LogP contribution in [-0.4, -0.2) is 29.8 Å². The van der Waals surface area contributed by atoms with Gasteiger partial charge in [-0.05, 0) is 24.6 Å². The summed E-state index contributed by atoms with van der Waals surface area (Å²) in [4.78, 5) is 4.40. The summed E-state index contributed by atoms with van der Waals surface area (Å²) >= 11 is 6.00. The zero-order valence-corrected chi connectivity index (χ0v) is 11.3. The van der Waals surface area contributed by atoms with Gasteiger partial charge in [0.2, 0.25) is 5.82 Å². The lowest BCUT2D eigenvalue weighted by Crippen LogP contribution is -2.33. The highest BCUT2D eigenvalue weighted by molar-refractivity contribution is 6.30. The van der Waals surface area contributed by atoms with Gasteiger partial charge in [0.05, 0.1) is 6.61 Å². The molecule has 1 N–H and O–H groups in total. The normalized spacial score (nSPS) is 19.6. The van der Waals surface area contributed by atoms with E-state index >= 15 is 0 Å². The summed E-state index contributed by atoms with van der Waals surface area (Å²) < 4.78 is 10.9. The van der Waals surface area contributed by atoms with E-state index in [1.807, 2.05) is 25.1 Å². The van der Waals surface area contributed by atoms with Gasteiger partial charge in [0.1, 0.15) is 6.10 Å². The van der Waals surface area contributed by atoms with Crippen LogP contribution in [-0.2, 0) is 4.74 Å². The third-order valence-electron chi connectivity index (χ3n) is 3.09. The second-order valence-corrected chi connectivity index (χ2v) is 4.92. The molecule has 2 aromatic rings. The first-order valence-corrected chi connectivity index (χ1v) is 6.54. The molecule has 5 nitrogen and oxygen atoms in total. The Kier molecular flexibility index (Phi) is 3.50. The van der Waals surface area contributed by atoms with E-state index in [0.29, 0.717) is 29.9 Å². The average molecular weight is 280 g/mol. The Balaban J connectivity index is 1.89. The van der Waals surface area contributed by atoms with Crippen molar-refractivity contribution in [2.24, 2.45) is 0 Å². The minimum atomic E-state index is -0.147. The second-order valence-electron chi connectivity index (χ2n) is 4.48. The molecule has 0 aliphatic carbocycles. The molecule has 6 heteroatoms. The number of nitrogens with zero attached hydrogens (tertiary/aromatic N) is 2. The molecule has 1 unspecified atom stereocenters. The molecule has 1 fully saturated rings. The molecule has 1 aromatic carbocycles. The Morgan fingerprint density at radius 1 is 1.42 bits per heavy atom. The molecule has 0 saturated carbocycles. The van der Waals surface area contributed by atoms with Crippen LogP contribution in [0.3, 0.4) is 0 Å². The first-order chi connectivity index (χ1) is 9.24. The molecule has 0 bridgehead atoms. The fourth-order valence-corrected chi connectivity index (χ4v) is 2.20. The Bertz CT molecular complexity index is 579. The van der Waals surface area contributed by atoms with Gasteiger partial charge in [-0.25, -0.2) is 0 Å². The summed E-state index contributed by atoms with van der Waals surface area (Å²) in [5.41, 5.74) is 1.90. The highest BCUT2D eigenvalue weighted by Crippen LogP contribution is 2.26. The van der Waals surface area contributed by atoms with Gasteiger partial charge in [-0.3, -0.25) is 0 Å². The van der Waals surface area contributed by atoms with E-state index in [2.05, 4.69) is 15.5 Å². The number of benzene rings is 1. The molecule has 0 radical (unpaired) electrons. The van der Waals surface area contributed by atoms with Crippen LogP contribution >= 0.6 is 11.6 Å². The first kappa shape index (κ1) is 12.6. The molecule has 1 aromatic heterocycles. The van der Waals surface area contributed by atoms with Crippen molar-refractivity contribution < 1.29 is 9.26 Å². The van der Waals surface area contributed by atoms with E-state index in [1.165, 1.54) is 0 Å². The smallest absolute Gasteiger partial charge is 0.258 e. The monoisotopic (exact) mass is 279 g/mol. The quantitative estimate of drug-likeness (QED) is 0.914. The third-order valence-corrected chi connectivity index (χ3v) is 3.32. The van der Waals surface area contributed by atoms with Crippen LogP contribution in [0.25, 0.3) is 11.5 Å². The van der Waals surface area contributed by atoms with Gasteiger partial charge in [0.15, 0.2) is 0 Å². The number of morpholine rings is 1. The van der Waals surface area contributed by atoms with E-state index in [1.54, 1.807) is 0 Å². The maximum Gasteiger partial charge on any atom is 0.258 e. The van der Waals surface area contributed by atoms with Crippen LogP contribution in [0.1, 0.15) is 17.5 Å². The van der Waals surface area contributed by atoms with E-state index in [-0.39, 0.29) is 6.10 Å². The van der Waals surface area contributed by atoms with Crippen molar-refractivity contribution in [1.82, 2.24) is 15.5 Å². The first-order valence-electron chi connectivity index (χ1n) is 6.16. The minimum Gasteiger partial charge on any atom is -0.367 e. The van der Waals surface area contributed by atoms with Gasteiger partial charge >= 0.3 is 0 Å². The van der Waals surface area contributed by atoms with E-state index in [9.17, 15) is 0 Å².